The van der Waals surface area contributed by atoms with Crippen LogP contribution in [0.3, 0.4) is 0 Å². The number of carbonyl (C=O) groups is 3. The number of methoxy groups -OCH3 is 1. The van der Waals surface area contributed by atoms with Crippen molar-refractivity contribution < 1.29 is 47.9 Å². The predicted octanol–water partition coefficient (Wildman–Crippen LogP) is 6.63. The largest absolute Gasteiger partial charge is 0.494 e. The summed E-state index contributed by atoms with van der Waals surface area (Å²) in [5.74, 6) is -1.22. The van der Waals surface area contributed by atoms with E-state index in [0.717, 1.165) is 37.3 Å². The van der Waals surface area contributed by atoms with Crippen molar-refractivity contribution in [1.29, 1.82) is 0 Å². The Bertz CT molecular complexity index is 1510. The smallest absolute Gasteiger partial charge is 0.335 e. The SMILES string of the molecule is C=CC(=O)Oc1ccc(CCC(=O)Oc2ccc(OC(C)(O)c3ccc(OCCCCCCOC(=O)C(=C)C)cc3)cc2OC)cc1. The number of ether oxygens (including phenoxy) is 6. The number of hydrogen-bond donors (Lipinski definition) is 1. The molecule has 10 heteroatoms. The third-order valence-corrected chi connectivity index (χ3v) is 6.88. The van der Waals surface area contributed by atoms with Crippen LogP contribution in [0, 0.1) is 0 Å². The van der Waals surface area contributed by atoms with Crippen molar-refractivity contribution in [3.8, 4) is 28.7 Å². The Hall–Kier alpha value is -5.09. The van der Waals surface area contributed by atoms with E-state index in [9.17, 15) is 19.5 Å². The molecule has 3 rings (SSSR count). The molecule has 250 valence electrons. The van der Waals surface area contributed by atoms with Gasteiger partial charge in [0.25, 0.3) is 0 Å². The summed E-state index contributed by atoms with van der Waals surface area (Å²) >= 11 is 0. The van der Waals surface area contributed by atoms with Crippen molar-refractivity contribution in [2.24, 2.45) is 0 Å². The topological polar surface area (TPSA) is 127 Å². The first-order valence-corrected chi connectivity index (χ1v) is 15.3. The maximum absolute atomic E-state index is 12.5. The van der Waals surface area contributed by atoms with Gasteiger partial charge in [-0.3, -0.25) is 4.79 Å². The second kappa shape index (κ2) is 18.2. The molecule has 0 heterocycles. The van der Waals surface area contributed by atoms with Gasteiger partial charge < -0.3 is 33.5 Å². The van der Waals surface area contributed by atoms with Gasteiger partial charge in [-0.2, -0.15) is 0 Å². The van der Waals surface area contributed by atoms with Crippen LogP contribution in [0.15, 0.2) is 91.5 Å². The zero-order valence-corrected chi connectivity index (χ0v) is 27.1. The summed E-state index contributed by atoms with van der Waals surface area (Å²) < 4.78 is 32.7. The first kappa shape index (κ1) is 36.4. The molecule has 10 nitrogen and oxygen atoms in total. The van der Waals surface area contributed by atoms with Crippen molar-refractivity contribution in [2.45, 2.75) is 58.2 Å². The van der Waals surface area contributed by atoms with Gasteiger partial charge in [0.15, 0.2) is 11.5 Å². The van der Waals surface area contributed by atoms with E-state index in [2.05, 4.69) is 13.2 Å². The molecule has 0 aliphatic heterocycles. The van der Waals surface area contributed by atoms with Crippen LogP contribution in [0.25, 0.3) is 0 Å². The fraction of sp³-hybridized carbons (Fsp3) is 0.324. The van der Waals surface area contributed by atoms with Crippen molar-refractivity contribution in [1.82, 2.24) is 0 Å². The number of esters is 3. The van der Waals surface area contributed by atoms with E-state index >= 15 is 0 Å². The number of rotatable bonds is 19. The van der Waals surface area contributed by atoms with Gasteiger partial charge in [-0.15, -0.1) is 0 Å². The molecule has 3 aromatic rings. The third-order valence-electron chi connectivity index (χ3n) is 6.88. The average Bonchev–Trinajstić information content (AvgIpc) is 3.06. The Labute approximate surface area is 275 Å². The van der Waals surface area contributed by atoms with Crippen molar-refractivity contribution in [3.63, 3.8) is 0 Å². The van der Waals surface area contributed by atoms with E-state index in [4.69, 9.17) is 28.4 Å². The molecular weight excluding hydrogens is 604 g/mol. The highest BCUT2D eigenvalue weighted by Gasteiger charge is 2.26. The van der Waals surface area contributed by atoms with Crippen LogP contribution < -0.4 is 23.7 Å². The molecule has 0 saturated carbocycles. The molecule has 1 N–H and O–H groups in total. The summed E-state index contributed by atoms with van der Waals surface area (Å²) in [7, 11) is 1.44. The fourth-order valence-electron chi connectivity index (χ4n) is 4.28. The zero-order chi connectivity index (χ0) is 34.2. The third kappa shape index (κ3) is 12.3. The minimum absolute atomic E-state index is 0.108. The predicted molar refractivity (Wildman–Crippen MR) is 176 cm³/mol. The van der Waals surface area contributed by atoms with Gasteiger partial charge in [0.2, 0.25) is 5.79 Å². The number of benzene rings is 3. The monoisotopic (exact) mass is 646 g/mol. The zero-order valence-electron chi connectivity index (χ0n) is 27.1. The van der Waals surface area contributed by atoms with Gasteiger partial charge in [0.1, 0.15) is 17.2 Å². The van der Waals surface area contributed by atoms with Crippen molar-refractivity contribution in [2.75, 3.05) is 20.3 Å². The van der Waals surface area contributed by atoms with E-state index in [1.165, 1.54) is 26.2 Å². The Kier molecular flexibility index (Phi) is 14.1. The molecule has 0 aliphatic rings. The number of hydrogen-bond acceptors (Lipinski definition) is 10. The second-order valence-corrected chi connectivity index (χ2v) is 10.8. The molecule has 0 amide bonds. The minimum Gasteiger partial charge on any atom is -0.494 e. The maximum Gasteiger partial charge on any atom is 0.335 e. The summed E-state index contributed by atoms with van der Waals surface area (Å²) in [5.41, 5.74) is 1.78. The molecule has 0 spiro atoms. The standard InChI is InChI=1S/C37H42O10/c1-6-34(38)45-30-16-11-27(12-17-30)13-22-35(39)46-32-21-20-31(25-33(32)42-5)47-37(4,41)28-14-18-29(19-15-28)43-23-9-7-8-10-24-44-36(40)26(2)3/h6,11-12,14-21,25,41H,1-2,7-10,13,22-24H2,3-5H3. The highest BCUT2D eigenvalue weighted by molar-refractivity contribution is 5.86. The van der Waals surface area contributed by atoms with Gasteiger partial charge in [-0.05, 0) is 93.1 Å². The summed E-state index contributed by atoms with van der Waals surface area (Å²) in [6.07, 6.45) is 5.12. The molecule has 3 aromatic carbocycles. The second-order valence-electron chi connectivity index (χ2n) is 10.8. The summed E-state index contributed by atoms with van der Waals surface area (Å²) in [6, 6.07) is 18.4. The van der Waals surface area contributed by atoms with Crippen LogP contribution in [0.2, 0.25) is 0 Å². The molecule has 0 fully saturated rings. The van der Waals surface area contributed by atoms with E-state index < -0.39 is 17.7 Å². The van der Waals surface area contributed by atoms with Crippen LogP contribution in [0.5, 0.6) is 28.7 Å². The van der Waals surface area contributed by atoms with E-state index in [-0.39, 0.29) is 23.9 Å². The molecule has 0 saturated heterocycles. The van der Waals surface area contributed by atoms with Gasteiger partial charge in [-0.25, -0.2) is 9.59 Å². The quantitative estimate of drug-likeness (QED) is 0.0499. The summed E-state index contributed by atoms with van der Waals surface area (Å²) in [4.78, 5) is 35.2. The lowest BCUT2D eigenvalue weighted by atomic mass is 10.1. The van der Waals surface area contributed by atoms with Crippen LogP contribution in [-0.2, 0) is 31.3 Å². The molecule has 1 atom stereocenters. The molecular formula is C37H42O10. The van der Waals surface area contributed by atoms with E-state index in [1.807, 2.05) is 0 Å². The van der Waals surface area contributed by atoms with Gasteiger partial charge >= 0.3 is 17.9 Å². The first-order valence-electron chi connectivity index (χ1n) is 15.3. The lowest BCUT2D eigenvalue weighted by molar-refractivity contribution is -0.139. The average molecular weight is 647 g/mol. The van der Waals surface area contributed by atoms with Crippen molar-refractivity contribution in [3.05, 3.63) is 103 Å². The maximum atomic E-state index is 12.5. The highest BCUT2D eigenvalue weighted by Crippen LogP contribution is 2.35. The summed E-state index contributed by atoms with van der Waals surface area (Å²) in [6.45, 7) is 11.0. The highest BCUT2D eigenvalue weighted by atomic mass is 16.6. The Balaban J connectivity index is 1.45. The van der Waals surface area contributed by atoms with Gasteiger partial charge in [0.05, 0.1) is 20.3 Å². The fourth-order valence-corrected chi connectivity index (χ4v) is 4.28. The molecule has 0 bridgehead atoms. The van der Waals surface area contributed by atoms with Crippen LogP contribution >= 0.6 is 0 Å². The van der Waals surface area contributed by atoms with Gasteiger partial charge in [-0.1, -0.05) is 25.3 Å². The summed E-state index contributed by atoms with van der Waals surface area (Å²) in [5, 5.41) is 11.1. The molecule has 0 radical (unpaired) electrons. The van der Waals surface area contributed by atoms with E-state index in [1.54, 1.807) is 61.5 Å². The molecule has 47 heavy (non-hydrogen) atoms. The lowest BCUT2D eigenvalue weighted by Gasteiger charge is -2.26. The Morgan fingerprint density at radius 3 is 2.11 bits per heavy atom. The first-order chi connectivity index (χ1) is 22.5. The van der Waals surface area contributed by atoms with Gasteiger partial charge in [0, 0.05) is 36.6 Å². The molecule has 0 aromatic heterocycles. The Morgan fingerprint density at radius 2 is 1.47 bits per heavy atom. The minimum atomic E-state index is -1.67. The number of unbranched alkanes of at least 4 members (excludes halogenated alkanes) is 3. The lowest BCUT2D eigenvalue weighted by Crippen LogP contribution is -2.28. The van der Waals surface area contributed by atoms with Crippen LogP contribution in [-0.4, -0.2) is 43.3 Å². The molecule has 1 unspecified atom stereocenters. The number of carbonyl (C=O) groups excluding carboxylic acids is 3. The van der Waals surface area contributed by atoms with Crippen molar-refractivity contribution >= 4 is 17.9 Å². The molecule has 0 aliphatic carbocycles. The van der Waals surface area contributed by atoms with E-state index in [0.29, 0.717) is 48.0 Å². The number of aliphatic hydroxyl groups is 1. The Morgan fingerprint density at radius 1 is 0.830 bits per heavy atom. The number of aryl methyl sites for hydroxylation is 1. The normalized spacial score (nSPS) is 11.8. The van der Waals surface area contributed by atoms with Crippen LogP contribution in [0.4, 0.5) is 0 Å². The van der Waals surface area contributed by atoms with Crippen LogP contribution in [0.1, 0.15) is 57.1 Å².